The Hall–Kier alpha value is -0.950. The van der Waals surface area contributed by atoms with E-state index in [9.17, 15) is 4.79 Å². The maximum atomic E-state index is 12.2. The molecule has 1 heterocycles. The van der Waals surface area contributed by atoms with Crippen molar-refractivity contribution >= 4 is 50.2 Å². The van der Waals surface area contributed by atoms with Crippen LogP contribution >= 0.6 is 38.5 Å². The highest BCUT2D eigenvalue weighted by Crippen LogP contribution is 2.20. The van der Waals surface area contributed by atoms with Gasteiger partial charge in [0.15, 0.2) is 0 Å². The van der Waals surface area contributed by atoms with Crippen LogP contribution in [0.3, 0.4) is 0 Å². The fourth-order valence-electron chi connectivity index (χ4n) is 1.46. The number of hydrogen-bond acceptors (Lipinski definition) is 2. The molecule has 3 nitrogen and oxygen atoms in total. The van der Waals surface area contributed by atoms with Crippen LogP contribution in [-0.2, 0) is 0 Å². The summed E-state index contributed by atoms with van der Waals surface area (Å²) in [6.07, 6.45) is 1.66. The number of rotatable bonds is 2. The highest BCUT2D eigenvalue weighted by molar-refractivity contribution is 14.1. The Labute approximate surface area is 127 Å². The molecule has 0 bridgehead atoms. The summed E-state index contributed by atoms with van der Waals surface area (Å²) >= 11 is 5.51. The van der Waals surface area contributed by atoms with Gasteiger partial charge in [-0.05, 0) is 59.3 Å². The molecule has 1 aromatic carbocycles. The SMILES string of the molecule is Cc1cccnc1NC(=O)c1cc(Br)ccc1I. The summed E-state index contributed by atoms with van der Waals surface area (Å²) in [5.41, 5.74) is 1.57. The zero-order valence-electron chi connectivity index (χ0n) is 9.58. The van der Waals surface area contributed by atoms with E-state index >= 15 is 0 Å². The second-order valence-corrected chi connectivity index (χ2v) is 5.83. The molecule has 92 valence electrons. The van der Waals surface area contributed by atoms with Crippen LogP contribution in [0.2, 0.25) is 0 Å². The average molecular weight is 417 g/mol. The van der Waals surface area contributed by atoms with Gasteiger partial charge >= 0.3 is 0 Å². The predicted molar refractivity (Wildman–Crippen MR) is 83.8 cm³/mol. The third kappa shape index (κ3) is 3.08. The first-order chi connectivity index (χ1) is 8.58. The minimum atomic E-state index is -0.150. The molecule has 0 radical (unpaired) electrons. The molecular formula is C13H10BrIN2O. The molecule has 1 aromatic heterocycles. The number of amides is 1. The van der Waals surface area contributed by atoms with Crippen LogP contribution in [-0.4, -0.2) is 10.9 Å². The third-order valence-corrected chi connectivity index (χ3v) is 3.85. The molecule has 0 atom stereocenters. The largest absolute Gasteiger partial charge is 0.306 e. The fourth-order valence-corrected chi connectivity index (χ4v) is 2.40. The molecule has 1 amide bonds. The second kappa shape index (κ2) is 5.79. The Balaban J connectivity index is 2.28. The van der Waals surface area contributed by atoms with Crippen LogP contribution < -0.4 is 5.32 Å². The van der Waals surface area contributed by atoms with E-state index in [1.54, 1.807) is 12.3 Å². The van der Waals surface area contributed by atoms with Crippen molar-refractivity contribution in [3.8, 4) is 0 Å². The van der Waals surface area contributed by atoms with Gasteiger partial charge in [-0.1, -0.05) is 22.0 Å². The maximum absolute atomic E-state index is 12.2. The van der Waals surface area contributed by atoms with E-state index in [1.165, 1.54) is 0 Å². The topological polar surface area (TPSA) is 42.0 Å². The van der Waals surface area contributed by atoms with Crippen molar-refractivity contribution in [1.82, 2.24) is 4.98 Å². The standard InChI is InChI=1S/C13H10BrIN2O/c1-8-3-2-6-16-12(8)17-13(18)10-7-9(14)4-5-11(10)15/h2-7H,1H3,(H,16,17,18). The molecule has 0 aliphatic rings. The van der Waals surface area contributed by atoms with Crippen LogP contribution in [0.1, 0.15) is 15.9 Å². The first-order valence-corrected chi connectivity index (χ1v) is 7.13. The van der Waals surface area contributed by atoms with E-state index in [2.05, 4.69) is 48.8 Å². The Morgan fingerprint density at radius 1 is 1.39 bits per heavy atom. The van der Waals surface area contributed by atoms with Crippen LogP contribution in [0, 0.1) is 10.5 Å². The molecule has 2 rings (SSSR count). The third-order valence-electron chi connectivity index (χ3n) is 2.41. The first-order valence-electron chi connectivity index (χ1n) is 5.26. The lowest BCUT2D eigenvalue weighted by molar-refractivity contribution is 0.102. The summed E-state index contributed by atoms with van der Waals surface area (Å²) in [7, 11) is 0. The molecule has 0 spiro atoms. The Bertz CT molecular complexity index is 601. The van der Waals surface area contributed by atoms with Crippen molar-refractivity contribution in [2.45, 2.75) is 6.92 Å². The zero-order valence-corrected chi connectivity index (χ0v) is 13.3. The number of benzene rings is 1. The number of aromatic nitrogens is 1. The number of pyridine rings is 1. The Morgan fingerprint density at radius 2 is 2.17 bits per heavy atom. The van der Waals surface area contributed by atoms with Gasteiger partial charge in [0.05, 0.1) is 5.56 Å². The molecule has 0 saturated carbocycles. The summed E-state index contributed by atoms with van der Waals surface area (Å²) < 4.78 is 1.78. The molecular weight excluding hydrogens is 407 g/mol. The summed E-state index contributed by atoms with van der Waals surface area (Å²) in [5.74, 6) is 0.445. The summed E-state index contributed by atoms with van der Waals surface area (Å²) in [4.78, 5) is 16.3. The van der Waals surface area contributed by atoms with Gasteiger partial charge in [-0.3, -0.25) is 4.79 Å². The normalized spacial score (nSPS) is 10.2. The number of carbonyl (C=O) groups excluding carboxylic acids is 1. The van der Waals surface area contributed by atoms with E-state index in [-0.39, 0.29) is 5.91 Å². The van der Waals surface area contributed by atoms with Crippen molar-refractivity contribution < 1.29 is 4.79 Å². The van der Waals surface area contributed by atoms with Crippen LogP contribution in [0.4, 0.5) is 5.82 Å². The summed E-state index contributed by atoms with van der Waals surface area (Å²) in [6.45, 7) is 1.91. The minimum Gasteiger partial charge on any atom is -0.306 e. The Kier molecular flexibility index (Phi) is 4.34. The lowest BCUT2D eigenvalue weighted by atomic mass is 10.2. The lowest BCUT2D eigenvalue weighted by Crippen LogP contribution is -2.15. The number of aryl methyl sites for hydroxylation is 1. The summed E-state index contributed by atoms with van der Waals surface area (Å²) in [5, 5.41) is 2.82. The highest BCUT2D eigenvalue weighted by Gasteiger charge is 2.12. The van der Waals surface area contributed by atoms with Crippen molar-refractivity contribution in [2.24, 2.45) is 0 Å². The number of anilines is 1. The van der Waals surface area contributed by atoms with Gasteiger partial charge in [0.2, 0.25) is 0 Å². The predicted octanol–water partition coefficient (Wildman–Crippen LogP) is 4.01. The van der Waals surface area contributed by atoms with Gasteiger partial charge in [-0.25, -0.2) is 4.98 Å². The van der Waals surface area contributed by atoms with Crippen molar-refractivity contribution in [2.75, 3.05) is 5.32 Å². The molecule has 18 heavy (non-hydrogen) atoms. The number of carbonyl (C=O) groups is 1. The average Bonchev–Trinajstić information content (AvgIpc) is 2.35. The molecule has 0 aliphatic carbocycles. The smallest absolute Gasteiger partial charge is 0.257 e. The van der Waals surface area contributed by atoms with Gasteiger partial charge in [0, 0.05) is 14.2 Å². The van der Waals surface area contributed by atoms with E-state index in [0.717, 1.165) is 13.6 Å². The van der Waals surface area contributed by atoms with Gasteiger partial charge in [-0.2, -0.15) is 0 Å². The molecule has 5 heteroatoms. The molecule has 0 saturated heterocycles. The Morgan fingerprint density at radius 3 is 2.89 bits per heavy atom. The molecule has 1 N–H and O–H groups in total. The molecule has 2 aromatic rings. The fraction of sp³-hybridized carbons (Fsp3) is 0.0769. The lowest BCUT2D eigenvalue weighted by Gasteiger charge is -2.08. The van der Waals surface area contributed by atoms with Crippen LogP contribution in [0.25, 0.3) is 0 Å². The van der Waals surface area contributed by atoms with Crippen LogP contribution in [0.5, 0.6) is 0 Å². The van der Waals surface area contributed by atoms with Gasteiger partial charge in [0.1, 0.15) is 5.82 Å². The molecule has 0 fully saturated rings. The number of nitrogens with one attached hydrogen (secondary N) is 1. The monoisotopic (exact) mass is 416 g/mol. The molecule has 0 aliphatic heterocycles. The van der Waals surface area contributed by atoms with E-state index in [4.69, 9.17) is 0 Å². The van der Waals surface area contributed by atoms with E-state index in [0.29, 0.717) is 11.4 Å². The van der Waals surface area contributed by atoms with Crippen molar-refractivity contribution in [3.63, 3.8) is 0 Å². The molecule has 0 unspecified atom stereocenters. The van der Waals surface area contributed by atoms with Gasteiger partial charge in [0.25, 0.3) is 5.91 Å². The van der Waals surface area contributed by atoms with Crippen LogP contribution in [0.15, 0.2) is 41.0 Å². The van der Waals surface area contributed by atoms with E-state index < -0.39 is 0 Å². The second-order valence-electron chi connectivity index (χ2n) is 3.75. The number of hydrogen-bond donors (Lipinski definition) is 1. The quantitative estimate of drug-likeness (QED) is 0.751. The van der Waals surface area contributed by atoms with Crippen molar-refractivity contribution in [3.05, 3.63) is 55.7 Å². The maximum Gasteiger partial charge on any atom is 0.257 e. The van der Waals surface area contributed by atoms with Crippen molar-refractivity contribution in [1.29, 1.82) is 0 Å². The first kappa shape index (κ1) is 13.5. The van der Waals surface area contributed by atoms with Gasteiger partial charge < -0.3 is 5.32 Å². The highest BCUT2D eigenvalue weighted by atomic mass is 127. The van der Waals surface area contributed by atoms with Gasteiger partial charge in [-0.15, -0.1) is 0 Å². The summed E-state index contributed by atoms with van der Waals surface area (Å²) in [6, 6.07) is 9.35. The number of halogens is 2. The zero-order chi connectivity index (χ0) is 13.1. The number of nitrogens with zero attached hydrogens (tertiary/aromatic N) is 1. The van der Waals surface area contributed by atoms with E-state index in [1.807, 2.05) is 31.2 Å². The minimum absolute atomic E-state index is 0.150.